The molecule has 76 valence electrons. The summed E-state index contributed by atoms with van der Waals surface area (Å²) >= 11 is 1.73. The number of nitrogens with zero attached hydrogens (tertiary/aromatic N) is 1. The molecule has 0 fully saturated rings. The third kappa shape index (κ3) is 2.58. The fraction of sp³-hybridized carbons (Fsp3) is 0.167. The van der Waals surface area contributed by atoms with Crippen LogP contribution in [0.5, 0.6) is 0 Å². The minimum absolute atomic E-state index is 0.402. The molecule has 0 saturated heterocycles. The number of rotatable bonds is 1. The van der Waals surface area contributed by atoms with E-state index in [2.05, 4.69) is 4.98 Å². The van der Waals surface area contributed by atoms with Crippen molar-refractivity contribution in [1.29, 1.82) is 0 Å². The molecule has 0 saturated carbocycles. The van der Waals surface area contributed by atoms with E-state index < -0.39 is 24.5 Å². The zero-order valence-electron chi connectivity index (χ0n) is 6.59. The Kier molecular flexibility index (Phi) is 3.38. The second-order valence-corrected chi connectivity index (χ2v) is 3.71. The Hall–Kier alpha value is -0.345. The molecule has 1 aromatic rings. The van der Waals surface area contributed by atoms with Crippen molar-refractivity contribution in [1.82, 2.24) is 4.98 Å². The highest BCUT2D eigenvalue weighted by Crippen LogP contribution is 2.26. The molecule has 0 atom stereocenters. The fourth-order valence-corrected chi connectivity index (χ4v) is 1.36. The summed E-state index contributed by atoms with van der Waals surface area (Å²) in [5.41, 5.74) is -1.91. The summed E-state index contributed by atoms with van der Waals surface area (Å²) in [5, 5.41) is 17.4. The molecule has 3 nitrogen and oxygen atoms in total. The summed E-state index contributed by atoms with van der Waals surface area (Å²) in [7, 11) is -2.17. The van der Waals surface area contributed by atoms with Crippen LogP contribution in [-0.2, 0) is 6.18 Å². The van der Waals surface area contributed by atoms with E-state index in [1.165, 1.54) is 0 Å². The van der Waals surface area contributed by atoms with Crippen LogP contribution in [0.25, 0.3) is 0 Å². The Morgan fingerprint density at radius 2 is 1.93 bits per heavy atom. The minimum Gasteiger partial charge on any atom is -0.423 e. The smallest absolute Gasteiger partial charge is 0.423 e. The molecule has 0 amide bonds. The second kappa shape index (κ2) is 4.03. The quantitative estimate of drug-likeness (QED) is 0.582. The topological polar surface area (TPSA) is 53.4 Å². The van der Waals surface area contributed by atoms with Gasteiger partial charge < -0.3 is 10.0 Å². The van der Waals surface area contributed by atoms with Gasteiger partial charge in [0.25, 0.3) is 0 Å². The first kappa shape index (κ1) is 11.7. The summed E-state index contributed by atoms with van der Waals surface area (Å²) in [4.78, 5) is 3.12. The van der Waals surface area contributed by atoms with Gasteiger partial charge >= 0.3 is 13.3 Å². The molecule has 0 aliphatic heterocycles. The highest BCUT2D eigenvalue weighted by atomic mass is 127. The minimum atomic E-state index is -4.68. The van der Waals surface area contributed by atoms with E-state index in [9.17, 15) is 13.2 Å². The highest BCUT2D eigenvalue weighted by Gasteiger charge is 2.38. The van der Waals surface area contributed by atoms with Gasteiger partial charge in [0, 0.05) is 15.2 Å². The number of pyridine rings is 1. The van der Waals surface area contributed by atoms with Crippen molar-refractivity contribution >= 4 is 35.2 Å². The van der Waals surface area contributed by atoms with Crippen LogP contribution in [0.2, 0.25) is 0 Å². The highest BCUT2D eigenvalue weighted by molar-refractivity contribution is 14.1. The van der Waals surface area contributed by atoms with Crippen LogP contribution in [0.3, 0.4) is 0 Å². The monoisotopic (exact) mass is 317 g/mol. The molecular formula is C6H4BF3INO2. The number of halogens is 4. The average Bonchev–Trinajstić information content (AvgIpc) is 2.01. The van der Waals surface area contributed by atoms with E-state index in [1.54, 1.807) is 22.6 Å². The van der Waals surface area contributed by atoms with Crippen molar-refractivity contribution in [3.63, 3.8) is 0 Å². The predicted molar refractivity (Wildman–Crippen MR) is 51.8 cm³/mol. The fourth-order valence-electron chi connectivity index (χ4n) is 0.889. The van der Waals surface area contributed by atoms with E-state index in [-0.39, 0.29) is 0 Å². The van der Waals surface area contributed by atoms with Gasteiger partial charge in [-0.05, 0) is 28.7 Å². The number of aromatic nitrogens is 1. The zero-order valence-corrected chi connectivity index (χ0v) is 8.74. The molecule has 1 rings (SSSR count). The Labute approximate surface area is 91.3 Å². The normalized spacial score (nSPS) is 11.6. The third-order valence-corrected chi connectivity index (χ3v) is 2.02. The van der Waals surface area contributed by atoms with Crippen molar-refractivity contribution in [3.8, 4) is 0 Å². The maximum atomic E-state index is 12.3. The molecule has 8 heteroatoms. The first-order valence-corrected chi connectivity index (χ1v) is 4.49. The molecule has 14 heavy (non-hydrogen) atoms. The molecule has 0 aromatic carbocycles. The van der Waals surface area contributed by atoms with Gasteiger partial charge in [-0.2, -0.15) is 13.2 Å². The molecule has 2 N–H and O–H groups in total. The largest absolute Gasteiger partial charge is 0.490 e. The molecule has 1 aromatic heterocycles. The predicted octanol–water partition coefficient (Wildman–Crippen LogP) is 0.385. The summed E-state index contributed by atoms with van der Waals surface area (Å²) < 4.78 is 37.2. The first-order valence-electron chi connectivity index (χ1n) is 3.41. The Balaban J connectivity index is 3.29. The second-order valence-electron chi connectivity index (χ2n) is 2.46. The van der Waals surface area contributed by atoms with Crippen LogP contribution in [0, 0.1) is 3.57 Å². The number of alkyl halides is 3. The third-order valence-electron chi connectivity index (χ3n) is 1.43. The van der Waals surface area contributed by atoms with Crippen molar-refractivity contribution in [3.05, 3.63) is 21.5 Å². The standard InChI is InChI=1S/C6H4BF3INO2/c8-6(9,10)5-4(7(13)14)1-3(11)2-12-5/h1-2,13-14H. The van der Waals surface area contributed by atoms with E-state index >= 15 is 0 Å². The molecule has 1 heterocycles. The van der Waals surface area contributed by atoms with Gasteiger partial charge in [-0.25, -0.2) is 0 Å². The van der Waals surface area contributed by atoms with Crippen molar-refractivity contribution in [2.75, 3.05) is 0 Å². The summed E-state index contributed by atoms with van der Waals surface area (Å²) in [6.45, 7) is 0. The van der Waals surface area contributed by atoms with Gasteiger partial charge in [-0.1, -0.05) is 0 Å². The molecule has 0 bridgehead atoms. The van der Waals surface area contributed by atoms with Crippen LogP contribution >= 0.6 is 22.6 Å². The molecule has 0 aliphatic carbocycles. The lowest BCUT2D eigenvalue weighted by Gasteiger charge is -2.10. The van der Waals surface area contributed by atoms with Crippen LogP contribution in [-0.4, -0.2) is 22.2 Å². The van der Waals surface area contributed by atoms with Crippen LogP contribution in [0.1, 0.15) is 5.69 Å². The van der Waals surface area contributed by atoms with Crippen LogP contribution in [0.15, 0.2) is 12.3 Å². The van der Waals surface area contributed by atoms with Gasteiger partial charge in [-0.15, -0.1) is 0 Å². The Morgan fingerprint density at radius 1 is 1.36 bits per heavy atom. The lowest BCUT2D eigenvalue weighted by atomic mass is 9.79. The summed E-state index contributed by atoms with van der Waals surface area (Å²) in [6, 6.07) is 1.03. The Bertz CT molecular complexity index is 344. The van der Waals surface area contributed by atoms with Gasteiger partial charge in [-0.3, -0.25) is 4.98 Å². The van der Waals surface area contributed by atoms with Crippen molar-refractivity contribution in [2.24, 2.45) is 0 Å². The Morgan fingerprint density at radius 3 is 2.36 bits per heavy atom. The molecule has 0 radical (unpaired) electrons. The van der Waals surface area contributed by atoms with Crippen LogP contribution < -0.4 is 5.46 Å². The molecule has 0 aliphatic rings. The molecule has 0 unspecified atom stereocenters. The van der Waals surface area contributed by atoms with Gasteiger partial charge in [0.1, 0.15) is 5.69 Å². The maximum Gasteiger partial charge on any atom is 0.490 e. The lowest BCUT2D eigenvalue weighted by molar-refractivity contribution is -0.140. The first-order chi connectivity index (χ1) is 6.32. The van der Waals surface area contributed by atoms with E-state index in [1.807, 2.05) is 0 Å². The average molecular weight is 317 g/mol. The zero-order chi connectivity index (χ0) is 10.9. The molecular weight excluding hydrogens is 313 g/mol. The van der Waals surface area contributed by atoms with E-state index in [0.29, 0.717) is 3.57 Å². The van der Waals surface area contributed by atoms with Crippen LogP contribution in [0.4, 0.5) is 13.2 Å². The molecule has 0 spiro atoms. The van der Waals surface area contributed by atoms with Gasteiger partial charge in [0.2, 0.25) is 0 Å². The van der Waals surface area contributed by atoms with E-state index in [4.69, 9.17) is 10.0 Å². The van der Waals surface area contributed by atoms with Gasteiger partial charge in [0.05, 0.1) is 0 Å². The summed E-state index contributed by atoms with van der Waals surface area (Å²) in [5.74, 6) is 0. The number of hydrogen-bond donors (Lipinski definition) is 2. The number of hydrogen-bond acceptors (Lipinski definition) is 3. The van der Waals surface area contributed by atoms with Gasteiger partial charge in [0.15, 0.2) is 0 Å². The lowest BCUT2D eigenvalue weighted by Crippen LogP contribution is -2.37. The van der Waals surface area contributed by atoms with E-state index in [0.717, 1.165) is 12.3 Å². The summed E-state index contributed by atoms with van der Waals surface area (Å²) in [6.07, 6.45) is -3.67. The van der Waals surface area contributed by atoms with Crippen molar-refractivity contribution < 1.29 is 23.2 Å². The maximum absolute atomic E-state index is 12.3. The SMILES string of the molecule is OB(O)c1cc(I)cnc1C(F)(F)F. The van der Waals surface area contributed by atoms with Crippen molar-refractivity contribution in [2.45, 2.75) is 6.18 Å².